The highest BCUT2D eigenvalue weighted by atomic mass is 32.1. The number of anilines is 1. The smallest absolute Gasteiger partial charge is 0.115 e. The van der Waals surface area contributed by atoms with E-state index in [1.807, 2.05) is 30.4 Å². The number of aryl methyl sites for hydroxylation is 1. The molecule has 0 amide bonds. The van der Waals surface area contributed by atoms with Crippen LogP contribution in [0.1, 0.15) is 42.2 Å². The Kier molecular flexibility index (Phi) is 3.97. The maximum atomic E-state index is 9.54. The minimum atomic E-state index is 0.335. The standard InChI is InChI=1S/C17H21NOS/c1-12-11-14(19)8-9-15(12)18-17(13-5-2-3-6-13)16-7-4-10-20-16/h4,7-11,13,17-19H,2-3,5-6H2,1H3. The molecule has 1 saturated carbocycles. The van der Waals surface area contributed by atoms with Crippen molar-refractivity contribution in [1.29, 1.82) is 0 Å². The molecule has 106 valence electrons. The van der Waals surface area contributed by atoms with Gasteiger partial charge >= 0.3 is 0 Å². The molecule has 0 spiro atoms. The SMILES string of the molecule is Cc1cc(O)ccc1NC(c1cccs1)C1CCCC1. The number of hydrogen-bond donors (Lipinski definition) is 2. The molecule has 1 aromatic heterocycles. The van der Waals surface area contributed by atoms with E-state index in [4.69, 9.17) is 0 Å². The zero-order chi connectivity index (χ0) is 13.9. The number of thiophene rings is 1. The number of aromatic hydroxyl groups is 1. The van der Waals surface area contributed by atoms with Crippen molar-refractivity contribution in [2.75, 3.05) is 5.32 Å². The highest BCUT2D eigenvalue weighted by Gasteiger charge is 2.27. The topological polar surface area (TPSA) is 32.3 Å². The van der Waals surface area contributed by atoms with E-state index < -0.39 is 0 Å². The molecule has 1 fully saturated rings. The lowest BCUT2D eigenvalue weighted by Crippen LogP contribution is -2.18. The van der Waals surface area contributed by atoms with Crippen LogP contribution in [0.25, 0.3) is 0 Å². The first kappa shape index (κ1) is 13.5. The molecule has 1 heterocycles. The fraction of sp³-hybridized carbons (Fsp3) is 0.412. The second-order valence-corrected chi connectivity index (χ2v) is 6.66. The molecule has 3 heteroatoms. The molecule has 1 unspecified atom stereocenters. The van der Waals surface area contributed by atoms with Gasteiger partial charge in [-0.25, -0.2) is 0 Å². The van der Waals surface area contributed by atoms with E-state index in [1.165, 1.54) is 30.6 Å². The van der Waals surface area contributed by atoms with Gasteiger partial charge in [-0.3, -0.25) is 0 Å². The normalized spacial score (nSPS) is 17.2. The summed E-state index contributed by atoms with van der Waals surface area (Å²) >= 11 is 1.83. The number of phenolic OH excluding ortho intramolecular Hbond substituents is 1. The Balaban J connectivity index is 1.86. The first-order chi connectivity index (χ1) is 9.74. The Morgan fingerprint density at radius 3 is 2.70 bits per heavy atom. The van der Waals surface area contributed by atoms with Crippen LogP contribution in [-0.4, -0.2) is 5.11 Å². The second-order valence-electron chi connectivity index (χ2n) is 5.68. The predicted octanol–water partition coefficient (Wildman–Crippen LogP) is 5.11. The molecule has 0 radical (unpaired) electrons. The van der Waals surface area contributed by atoms with E-state index in [0.717, 1.165) is 17.2 Å². The van der Waals surface area contributed by atoms with E-state index >= 15 is 0 Å². The Morgan fingerprint density at radius 2 is 2.05 bits per heavy atom. The number of nitrogens with one attached hydrogen (secondary N) is 1. The third kappa shape index (κ3) is 2.83. The average molecular weight is 287 g/mol. The molecule has 3 rings (SSSR count). The number of rotatable bonds is 4. The van der Waals surface area contributed by atoms with Gasteiger partial charge in [0.1, 0.15) is 5.75 Å². The van der Waals surface area contributed by atoms with Crippen molar-refractivity contribution in [1.82, 2.24) is 0 Å². The van der Waals surface area contributed by atoms with Crippen molar-refractivity contribution in [2.24, 2.45) is 5.92 Å². The molecular weight excluding hydrogens is 266 g/mol. The van der Waals surface area contributed by atoms with E-state index in [1.54, 1.807) is 6.07 Å². The lowest BCUT2D eigenvalue weighted by atomic mass is 9.96. The minimum absolute atomic E-state index is 0.335. The maximum absolute atomic E-state index is 9.54. The summed E-state index contributed by atoms with van der Waals surface area (Å²) in [7, 11) is 0. The zero-order valence-corrected chi connectivity index (χ0v) is 12.6. The average Bonchev–Trinajstić information content (AvgIpc) is 3.11. The van der Waals surface area contributed by atoms with Crippen molar-refractivity contribution < 1.29 is 5.11 Å². The molecule has 1 aliphatic carbocycles. The lowest BCUT2D eigenvalue weighted by molar-refractivity contribution is 0.471. The summed E-state index contributed by atoms with van der Waals surface area (Å²) in [5, 5.41) is 15.4. The van der Waals surface area contributed by atoms with Gasteiger partial charge in [-0.05, 0) is 60.9 Å². The molecule has 0 bridgehead atoms. The van der Waals surface area contributed by atoms with E-state index in [2.05, 4.69) is 22.8 Å². The molecule has 20 heavy (non-hydrogen) atoms. The quantitative estimate of drug-likeness (QED) is 0.766. The second kappa shape index (κ2) is 5.88. The molecule has 2 N–H and O–H groups in total. The van der Waals surface area contributed by atoms with Gasteiger partial charge in [0.05, 0.1) is 6.04 Å². The highest BCUT2D eigenvalue weighted by molar-refractivity contribution is 7.10. The first-order valence-electron chi connectivity index (χ1n) is 7.33. The fourth-order valence-electron chi connectivity index (χ4n) is 3.16. The van der Waals surface area contributed by atoms with Crippen molar-refractivity contribution >= 4 is 17.0 Å². The lowest BCUT2D eigenvalue weighted by Gasteiger charge is -2.26. The number of phenols is 1. The Labute approximate surface area is 124 Å². The Bertz CT molecular complexity index is 558. The van der Waals surface area contributed by atoms with Crippen LogP contribution in [0.15, 0.2) is 35.7 Å². The third-order valence-electron chi connectivity index (χ3n) is 4.24. The molecule has 1 aliphatic rings. The largest absolute Gasteiger partial charge is 0.508 e. The molecule has 0 aliphatic heterocycles. The Morgan fingerprint density at radius 1 is 1.25 bits per heavy atom. The third-order valence-corrected chi connectivity index (χ3v) is 5.20. The number of benzene rings is 1. The van der Waals surface area contributed by atoms with E-state index in [0.29, 0.717) is 11.8 Å². The van der Waals surface area contributed by atoms with Gasteiger partial charge < -0.3 is 10.4 Å². The molecular formula is C17H21NOS. The summed E-state index contributed by atoms with van der Waals surface area (Å²) in [6.07, 6.45) is 5.32. The maximum Gasteiger partial charge on any atom is 0.115 e. The van der Waals surface area contributed by atoms with Gasteiger partial charge in [0, 0.05) is 10.6 Å². The Hall–Kier alpha value is -1.48. The van der Waals surface area contributed by atoms with Crippen LogP contribution in [0.4, 0.5) is 5.69 Å². The van der Waals surface area contributed by atoms with E-state index in [-0.39, 0.29) is 0 Å². The van der Waals surface area contributed by atoms with Crippen molar-refractivity contribution in [3.63, 3.8) is 0 Å². The van der Waals surface area contributed by atoms with Crippen LogP contribution in [-0.2, 0) is 0 Å². The van der Waals surface area contributed by atoms with Crippen molar-refractivity contribution in [3.8, 4) is 5.75 Å². The molecule has 2 aromatic rings. The summed E-state index contributed by atoms with van der Waals surface area (Å²) in [6.45, 7) is 2.04. The monoisotopic (exact) mass is 287 g/mol. The number of hydrogen-bond acceptors (Lipinski definition) is 3. The summed E-state index contributed by atoms with van der Waals surface area (Å²) in [6, 6.07) is 10.3. The predicted molar refractivity (Wildman–Crippen MR) is 85.5 cm³/mol. The highest BCUT2D eigenvalue weighted by Crippen LogP contribution is 2.40. The van der Waals surface area contributed by atoms with Crippen molar-refractivity contribution in [3.05, 3.63) is 46.2 Å². The van der Waals surface area contributed by atoms with Crippen LogP contribution in [0.2, 0.25) is 0 Å². The molecule has 2 nitrogen and oxygen atoms in total. The van der Waals surface area contributed by atoms with Crippen LogP contribution >= 0.6 is 11.3 Å². The molecule has 1 atom stereocenters. The molecule has 0 saturated heterocycles. The van der Waals surface area contributed by atoms with Gasteiger partial charge in [0.2, 0.25) is 0 Å². The van der Waals surface area contributed by atoms with Gasteiger partial charge in [-0.1, -0.05) is 18.9 Å². The van der Waals surface area contributed by atoms with Crippen molar-refractivity contribution in [2.45, 2.75) is 38.6 Å². The van der Waals surface area contributed by atoms with Crippen LogP contribution < -0.4 is 5.32 Å². The van der Waals surface area contributed by atoms with Gasteiger partial charge in [0.15, 0.2) is 0 Å². The first-order valence-corrected chi connectivity index (χ1v) is 8.21. The summed E-state index contributed by atoms with van der Waals surface area (Å²) in [4.78, 5) is 1.42. The van der Waals surface area contributed by atoms with Gasteiger partial charge in [-0.15, -0.1) is 11.3 Å². The molecule has 1 aromatic carbocycles. The minimum Gasteiger partial charge on any atom is -0.508 e. The van der Waals surface area contributed by atoms with Gasteiger partial charge in [0.25, 0.3) is 0 Å². The van der Waals surface area contributed by atoms with Crippen LogP contribution in [0, 0.1) is 12.8 Å². The van der Waals surface area contributed by atoms with Crippen LogP contribution in [0.5, 0.6) is 5.75 Å². The summed E-state index contributed by atoms with van der Waals surface area (Å²) in [5.41, 5.74) is 2.23. The van der Waals surface area contributed by atoms with Crippen LogP contribution in [0.3, 0.4) is 0 Å². The summed E-state index contributed by atoms with van der Waals surface area (Å²) in [5.74, 6) is 1.06. The van der Waals surface area contributed by atoms with E-state index in [9.17, 15) is 5.11 Å². The summed E-state index contributed by atoms with van der Waals surface area (Å²) < 4.78 is 0. The fourth-order valence-corrected chi connectivity index (χ4v) is 4.03. The zero-order valence-electron chi connectivity index (χ0n) is 11.8. The van der Waals surface area contributed by atoms with Gasteiger partial charge in [-0.2, -0.15) is 0 Å².